The SMILES string of the molecule is Cc1sc(C(=O)N[C@H](C)C(CN)Cc2ccc(F)c(F)c2)cc1-c1c(Cl)cnn1C. The molecule has 1 amide bonds. The Morgan fingerprint density at radius 1 is 1.33 bits per heavy atom. The number of halogens is 3. The second-order valence-corrected chi connectivity index (χ2v) is 8.92. The van der Waals surface area contributed by atoms with Crippen molar-refractivity contribution in [3.05, 3.63) is 62.4 Å². The molecule has 2 heterocycles. The van der Waals surface area contributed by atoms with E-state index < -0.39 is 11.6 Å². The minimum atomic E-state index is -0.893. The standard InChI is InChI=1S/C21H23ClF2N4OS/c1-11(14(9-25)6-13-4-5-17(23)18(24)7-13)27-21(29)19-8-15(12(2)30-19)20-16(22)10-26-28(20)3/h4-5,7-8,10-11,14H,6,9,25H2,1-3H3,(H,27,29)/t11-,14?/m1/s1. The highest BCUT2D eigenvalue weighted by atomic mass is 35.5. The number of nitrogens with two attached hydrogens (primary N) is 1. The molecule has 3 rings (SSSR count). The Morgan fingerprint density at radius 3 is 2.67 bits per heavy atom. The Morgan fingerprint density at radius 2 is 2.07 bits per heavy atom. The molecule has 3 aromatic rings. The van der Waals surface area contributed by atoms with Crippen molar-refractivity contribution in [1.29, 1.82) is 0 Å². The third-order valence-electron chi connectivity index (χ3n) is 5.14. The number of hydrogen-bond donors (Lipinski definition) is 2. The molecule has 9 heteroatoms. The van der Waals surface area contributed by atoms with Gasteiger partial charge in [0.2, 0.25) is 0 Å². The molecule has 2 aromatic heterocycles. The van der Waals surface area contributed by atoms with E-state index in [2.05, 4.69) is 10.4 Å². The lowest BCUT2D eigenvalue weighted by molar-refractivity contribution is 0.0931. The summed E-state index contributed by atoms with van der Waals surface area (Å²) in [6, 6.07) is 5.33. The summed E-state index contributed by atoms with van der Waals surface area (Å²) in [5, 5.41) is 7.65. The Bertz CT molecular complexity index is 1050. The van der Waals surface area contributed by atoms with Crippen LogP contribution in [0, 0.1) is 24.5 Å². The van der Waals surface area contributed by atoms with Gasteiger partial charge in [0.1, 0.15) is 0 Å². The Labute approximate surface area is 182 Å². The highest BCUT2D eigenvalue weighted by Gasteiger charge is 2.22. The molecule has 160 valence electrons. The summed E-state index contributed by atoms with van der Waals surface area (Å²) in [7, 11) is 1.80. The molecule has 0 aliphatic heterocycles. The van der Waals surface area contributed by atoms with Gasteiger partial charge in [-0.2, -0.15) is 5.10 Å². The number of benzene rings is 1. The van der Waals surface area contributed by atoms with Gasteiger partial charge in [-0.3, -0.25) is 9.48 Å². The number of carbonyl (C=O) groups is 1. The monoisotopic (exact) mass is 452 g/mol. The summed E-state index contributed by atoms with van der Waals surface area (Å²) in [4.78, 5) is 14.3. The summed E-state index contributed by atoms with van der Waals surface area (Å²) in [5.41, 5.74) is 8.14. The van der Waals surface area contributed by atoms with E-state index in [0.29, 0.717) is 28.4 Å². The van der Waals surface area contributed by atoms with E-state index in [1.165, 1.54) is 23.5 Å². The van der Waals surface area contributed by atoms with Gasteiger partial charge in [-0.25, -0.2) is 8.78 Å². The van der Waals surface area contributed by atoms with Crippen LogP contribution in [0.4, 0.5) is 8.78 Å². The maximum absolute atomic E-state index is 13.5. The molecule has 30 heavy (non-hydrogen) atoms. The van der Waals surface area contributed by atoms with Gasteiger partial charge in [0.05, 0.1) is 21.8 Å². The zero-order valence-electron chi connectivity index (χ0n) is 16.9. The summed E-state index contributed by atoms with van der Waals surface area (Å²) in [6.07, 6.45) is 1.99. The second kappa shape index (κ2) is 9.24. The average Bonchev–Trinajstić information content (AvgIpc) is 3.23. The van der Waals surface area contributed by atoms with Crippen LogP contribution in [0.5, 0.6) is 0 Å². The van der Waals surface area contributed by atoms with Crippen LogP contribution < -0.4 is 11.1 Å². The largest absolute Gasteiger partial charge is 0.349 e. The molecule has 0 aliphatic rings. The first kappa shape index (κ1) is 22.4. The van der Waals surface area contributed by atoms with Crippen LogP contribution >= 0.6 is 22.9 Å². The van der Waals surface area contributed by atoms with Crippen LogP contribution in [0.2, 0.25) is 5.02 Å². The van der Waals surface area contributed by atoms with Crippen molar-refractivity contribution < 1.29 is 13.6 Å². The molecule has 1 unspecified atom stereocenters. The number of nitrogens with zero attached hydrogens (tertiary/aromatic N) is 2. The van der Waals surface area contributed by atoms with Gasteiger partial charge in [0.25, 0.3) is 5.91 Å². The number of hydrogen-bond acceptors (Lipinski definition) is 4. The maximum Gasteiger partial charge on any atom is 0.261 e. The zero-order valence-corrected chi connectivity index (χ0v) is 18.5. The average molecular weight is 453 g/mol. The molecule has 0 bridgehead atoms. The van der Waals surface area contributed by atoms with Gasteiger partial charge in [-0.15, -0.1) is 11.3 Å². The lowest BCUT2D eigenvalue weighted by Gasteiger charge is -2.23. The van der Waals surface area contributed by atoms with Crippen molar-refractivity contribution in [2.45, 2.75) is 26.3 Å². The molecule has 3 N–H and O–H groups in total. The number of aryl methyl sites for hydroxylation is 2. The Balaban J connectivity index is 1.73. The third kappa shape index (κ3) is 4.71. The van der Waals surface area contributed by atoms with Crippen molar-refractivity contribution in [1.82, 2.24) is 15.1 Å². The van der Waals surface area contributed by atoms with Crippen molar-refractivity contribution in [3.8, 4) is 11.3 Å². The maximum atomic E-state index is 13.5. The first-order valence-corrected chi connectivity index (χ1v) is 10.6. The van der Waals surface area contributed by atoms with Gasteiger partial charge < -0.3 is 11.1 Å². The lowest BCUT2D eigenvalue weighted by atomic mass is 9.93. The Kier molecular flexibility index (Phi) is 6.90. The van der Waals surface area contributed by atoms with E-state index in [9.17, 15) is 13.6 Å². The van der Waals surface area contributed by atoms with Crippen LogP contribution in [-0.4, -0.2) is 28.3 Å². The predicted octanol–water partition coefficient (Wildman–Crippen LogP) is 4.32. The minimum absolute atomic E-state index is 0.133. The molecule has 1 aromatic carbocycles. The van der Waals surface area contributed by atoms with Crippen molar-refractivity contribution in [3.63, 3.8) is 0 Å². The summed E-state index contributed by atoms with van der Waals surface area (Å²) in [5.74, 6) is -2.13. The first-order chi connectivity index (χ1) is 14.2. The topological polar surface area (TPSA) is 72.9 Å². The van der Waals surface area contributed by atoms with Gasteiger partial charge in [0.15, 0.2) is 11.6 Å². The predicted molar refractivity (Wildman–Crippen MR) is 116 cm³/mol. The van der Waals surface area contributed by atoms with E-state index in [1.54, 1.807) is 24.0 Å². The van der Waals surface area contributed by atoms with E-state index in [1.807, 2.05) is 13.8 Å². The highest BCUT2D eigenvalue weighted by molar-refractivity contribution is 7.14. The molecule has 0 radical (unpaired) electrons. The lowest BCUT2D eigenvalue weighted by Crippen LogP contribution is -2.41. The van der Waals surface area contributed by atoms with Crippen molar-refractivity contribution in [2.24, 2.45) is 18.7 Å². The van der Waals surface area contributed by atoms with E-state index in [-0.39, 0.29) is 17.9 Å². The first-order valence-electron chi connectivity index (χ1n) is 9.44. The fraction of sp³-hybridized carbons (Fsp3) is 0.333. The number of thiophene rings is 1. The van der Waals surface area contributed by atoms with E-state index >= 15 is 0 Å². The Hall–Kier alpha value is -2.29. The summed E-state index contributed by atoms with van der Waals surface area (Å²) < 4.78 is 28.3. The summed E-state index contributed by atoms with van der Waals surface area (Å²) in [6.45, 7) is 4.07. The van der Waals surface area contributed by atoms with Gasteiger partial charge >= 0.3 is 0 Å². The fourth-order valence-corrected chi connectivity index (χ4v) is 4.56. The van der Waals surface area contributed by atoms with Crippen LogP contribution in [0.15, 0.2) is 30.5 Å². The van der Waals surface area contributed by atoms with Gasteiger partial charge in [-0.05, 0) is 56.5 Å². The van der Waals surface area contributed by atoms with E-state index in [0.717, 1.165) is 22.2 Å². The minimum Gasteiger partial charge on any atom is -0.349 e. The van der Waals surface area contributed by atoms with Crippen molar-refractivity contribution in [2.75, 3.05) is 6.54 Å². The number of rotatable bonds is 7. The molecule has 0 fully saturated rings. The number of aromatic nitrogens is 2. The number of nitrogens with one attached hydrogen (secondary N) is 1. The van der Waals surface area contributed by atoms with Crippen LogP contribution in [0.3, 0.4) is 0 Å². The normalized spacial score (nSPS) is 13.3. The third-order valence-corrected chi connectivity index (χ3v) is 6.47. The molecular formula is C21H23ClF2N4OS. The molecule has 2 atom stereocenters. The van der Waals surface area contributed by atoms with Crippen LogP contribution in [-0.2, 0) is 13.5 Å². The van der Waals surface area contributed by atoms with Gasteiger partial charge in [-0.1, -0.05) is 17.7 Å². The number of amides is 1. The van der Waals surface area contributed by atoms with E-state index in [4.69, 9.17) is 17.3 Å². The smallest absolute Gasteiger partial charge is 0.261 e. The second-order valence-electron chi connectivity index (χ2n) is 7.26. The molecule has 0 saturated heterocycles. The fourth-order valence-electron chi connectivity index (χ4n) is 3.37. The molecule has 0 spiro atoms. The molecule has 0 aliphatic carbocycles. The molecular weight excluding hydrogens is 430 g/mol. The van der Waals surface area contributed by atoms with Crippen molar-refractivity contribution >= 4 is 28.8 Å². The highest BCUT2D eigenvalue weighted by Crippen LogP contribution is 2.35. The molecule has 0 saturated carbocycles. The van der Waals surface area contributed by atoms with Crippen LogP contribution in [0.25, 0.3) is 11.3 Å². The zero-order chi connectivity index (χ0) is 22.0. The van der Waals surface area contributed by atoms with Gasteiger partial charge in [0, 0.05) is 23.5 Å². The quantitative estimate of drug-likeness (QED) is 0.560. The van der Waals surface area contributed by atoms with Crippen LogP contribution in [0.1, 0.15) is 27.0 Å². The number of carbonyl (C=O) groups excluding carboxylic acids is 1. The summed E-state index contributed by atoms with van der Waals surface area (Å²) >= 11 is 7.61. The molecule has 5 nitrogen and oxygen atoms in total.